The minimum atomic E-state index is -0.296. The summed E-state index contributed by atoms with van der Waals surface area (Å²) in [5.74, 6) is -0.343. The van der Waals surface area contributed by atoms with Gasteiger partial charge in [-0.3, -0.25) is 14.4 Å². The number of hydrogen-bond donors (Lipinski definition) is 2. The van der Waals surface area contributed by atoms with Crippen LogP contribution < -0.4 is 15.5 Å². The lowest BCUT2D eigenvalue weighted by atomic mass is 10.2. The number of carbonyl (C=O) groups excluding carboxylic acids is 3. The summed E-state index contributed by atoms with van der Waals surface area (Å²) >= 11 is 1.26. The van der Waals surface area contributed by atoms with E-state index in [4.69, 9.17) is 5.26 Å². The normalized spacial score (nSPS) is 12.8. The van der Waals surface area contributed by atoms with Gasteiger partial charge in [-0.1, -0.05) is 24.3 Å². The first kappa shape index (κ1) is 23.1. The summed E-state index contributed by atoms with van der Waals surface area (Å²) in [7, 11) is 0. The van der Waals surface area contributed by atoms with Crippen LogP contribution in [-0.2, 0) is 9.59 Å². The van der Waals surface area contributed by atoms with Gasteiger partial charge in [0.05, 0.1) is 22.9 Å². The first-order valence-corrected chi connectivity index (χ1v) is 11.8. The molecule has 0 radical (unpaired) electrons. The zero-order valence-corrected chi connectivity index (χ0v) is 19.1. The minimum Gasteiger partial charge on any atom is -0.325 e. The van der Waals surface area contributed by atoms with Crippen molar-refractivity contribution in [3.05, 3.63) is 83.9 Å². The number of hydrogen-bond acceptors (Lipinski definition) is 5. The van der Waals surface area contributed by atoms with E-state index >= 15 is 0 Å². The number of thioether (sulfide) groups is 1. The Morgan fingerprint density at radius 1 is 0.971 bits per heavy atom. The van der Waals surface area contributed by atoms with Crippen LogP contribution in [-0.4, -0.2) is 30.0 Å². The molecule has 1 saturated heterocycles. The summed E-state index contributed by atoms with van der Waals surface area (Å²) in [6.45, 7) is 0.679. The Hall–Kier alpha value is -4.09. The molecule has 0 bridgehead atoms. The van der Waals surface area contributed by atoms with Crippen LogP contribution in [0.1, 0.15) is 28.8 Å². The van der Waals surface area contributed by atoms with E-state index < -0.39 is 0 Å². The molecule has 8 heteroatoms. The van der Waals surface area contributed by atoms with Gasteiger partial charge in [-0.25, -0.2) is 0 Å². The van der Waals surface area contributed by atoms with Crippen molar-refractivity contribution in [3.8, 4) is 6.07 Å². The zero-order valence-electron chi connectivity index (χ0n) is 18.3. The molecule has 0 unspecified atom stereocenters. The number of nitriles is 1. The van der Waals surface area contributed by atoms with Gasteiger partial charge in [0.1, 0.15) is 0 Å². The average Bonchev–Trinajstić information content (AvgIpc) is 3.29. The molecule has 2 N–H and O–H groups in total. The Morgan fingerprint density at radius 3 is 2.50 bits per heavy atom. The highest BCUT2D eigenvalue weighted by atomic mass is 32.2. The first-order valence-electron chi connectivity index (χ1n) is 10.8. The lowest BCUT2D eigenvalue weighted by Crippen LogP contribution is -2.23. The summed E-state index contributed by atoms with van der Waals surface area (Å²) in [4.78, 5) is 39.8. The van der Waals surface area contributed by atoms with Gasteiger partial charge in [0, 0.05) is 34.9 Å². The molecule has 7 nitrogen and oxygen atoms in total. The topological polar surface area (TPSA) is 102 Å². The van der Waals surface area contributed by atoms with Crippen molar-refractivity contribution in [2.45, 2.75) is 17.7 Å². The van der Waals surface area contributed by atoms with E-state index in [2.05, 4.69) is 10.6 Å². The van der Waals surface area contributed by atoms with Crippen molar-refractivity contribution in [2.24, 2.45) is 0 Å². The maximum Gasteiger partial charge on any atom is 0.256 e. The van der Waals surface area contributed by atoms with Crippen LogP contribution >= 0.6 is 11.8 Å². The number of carbonyl (C=O) groups is 3. The molecule has 170 valence electrons. The molecule has 0 spiro atoms. The van der Waals surface area contributed by atoms with Crippen LogP contribution in [0.25, 0.3) is 0 Å². The molecule has 34 heavy (non-hydrogen) atoms. The predicted octanol–water partition coefficient (Wildman–Crippen LogP) is 4.67. The Kier molecular flexibility index (Phi) is 7.25. The number of amides is 3. The second-order valence-electron chi connectivity index (χ2n) is 7.68. The fourth-order valence-corrected chi connectivity index (χ4v) is 4.51. The highest BCUT2D eigenvalue weighted by Crippen LogP contribution is 2.27. The molecule has 3 aromatic carbocycles. The van der Waals surface area contributed by atoms with E-state index in [1.165, 1.54) is 11.8 Å². The van der Waals surface area contributed by atoms with Crippen LogP contribution in [0.5, 0.6) is 0 Å². The Balaban J connectivity index is 1.41. The molecule has 0 aromatic heterocycles. The molecule has 0 saturated carbocycles. The fraction of sp³-hybridized carbons (Fsp3) is 0.154. The molecule has 1 heterocycles. The summed E-state index contributed by atoms with van der Waals surface area (Å²) in [6.07, 6.45) is 1.37. The first-order chi connectivity index (χ1) is 16.5. The van der Waals surface area contributed by atoms with Gasteiger partial charge in [0.25, 0.3) is 5.91 Å². The van der Waals surface area contributed by atoms with Crippen molar-refractivity contribution in [1.82, 2.24) is 0 Å². The third-order valence-electron chi connectivity index (χ3n) is 5.25. The predicted molar refractivity (Wildman–Crippen MR) is 133 cm³/mol. The third-order valence-corrected chi connectivity index (χ3v) is 6.33. The second kappa shape index (κ2) is 10.7. The smallest absolute Gasteiger partial charge is 0.256 e. The van der Waals surface area contributed by atoms with E-state index in [0.717, 1.165) is 12.1 Å². The molecular formula is C26H22N4O3S. The van der Waals surface area contributed by atoms with E-state index in [0.29, 0.717) is 40.4 Å². The lowest BCUT2D eigenvalue weighted by Gasteiger charge is -2.17. The monoisotopic (exact) mass is 470 g/mol. The molecule has 1 fully saturated rings. The molecule has 3 amide bonds. The molecule has 1 aliphatic rings. The fourth-order valence-electron chi connectivity index (χ4n) is 3.66. The van der Waals surface area contributed by atoms with Gasteiger partial charge >= 0.3 is 0 Å². The summed E-state index contributed by atoms with van der Waals surface area (Å²) < 4.78 is 0. The van der Waals surface area contributed by atoms with E-state index in [1.807, 2.05) is 24.3 Å². The molecule has 0 atom stereocenters. The van der Waals surface area contributed by atoms with Crippen molar-refractivity contribution in [2.75, 3.05) is 27.8 Å². The van der Waals surface area contributed by atoms with Crippen molar-refractivity contribution < 1.29 is 14.4 Å². The maximum atomic E-state index is 13.0. The summed E-state index contributed by atoms with van der Waals surface area (Å²) in [5, 5.41) is 14.7. The van der Waals surface area contributed by atoms with Gasteiger partial charge in [-0.2, -0.15) is 5.26 Å². The average molecular weight is 471 g/mol. The number of rotatable bonds is 7. The molecular weight excluding hydrogens is 448 g/mol. The van der Waals surface area contributed by atoms with Crippen molar-refractivity contribution in [1.29, 1.82) is 5.26 Å². The van der Waals surface area contributed by atoms with E-state index in [9.17, 15) is 14.4 Å². The van der Waals surface area contributed by atoms with E-state index in [1.54, 1.807) is 59.5 Å². The SMILES string of the molecule is N#Cc1cccc(NC(=O)CSc2ccccc2C(=O)Nc2cccc(N3CCCC3=O)c2)c1. The highest BCUT2D eigenvalue weighted by molar-refractivity contribution is 8.00. The summed E-state index contributed by atoms with van der Waals surface area (Å²) in [5.41, 5.74) is 2.82. The molecule has 3 aromatic rings. The molecule has 0 aliphatic carbocycles. The number of anilines is 3. The van der Waals surface area contributed by atoms with Crippen LogP contribution in [0.4, 0.5) is 17.1 Å². The van der Waals surface area contributed by atoms with Crippen LogP contribution in [0, 0.1) is 11.3 Å². The van der Waals surface area contributed by atoms with E-state index in [-0.39, 0.29) is 23.5 Å². The van der Waals surface area contributed by atoms with Gasteiger partial charge in [-0.15, -0.1) is 11.8 Å². The quantitative estimate of drug-likeness (QED) is 0.489. The van der Waals surface area contributed by atoms with Gasteiger partial charge in [0.2, 0.25) is 11.8 Å². The highest BCUT2D eigenvalue weighted by Gasteiger charge is 2.22. The Labute approximate surface area is 201 Å². The molecule has 1 aliphatic heterocycles. The standard InChI is InChI=1S/C26H22N4O3S/c27-16-18-6-3-7-19(14-18)28-24(31)17-34-23-11-2-1-10-22(23)26(33)29-20-8-4-9-21(15-20)30-13-5-12-25(30)32/h1-4,6-11,14-15H,5,12-13,17H2,(H,28,31)(H,29,33). The largest absolute Gasteiger partial charge is 0.325 e. The van der Waals surface area contributed by atoms with Gasteiger partial charge in [-0.05, 0) is 55.0 Å². The summed E-state index contributed by atoms with van der Waals surface area (Å²) in [6, 6.07) is 23.0. The Morgan fingerprint density at radius 2 is 1.74 bits per heavy atom. The van der Waals surface area contributed by atoms with Crippen LogP contribution in [0.3, 0.4) is 0 Å². The van der Waals surface area contributed by atoms with Crippen LogP contribution in [0.2, 0.25) is 0 Å². The number of benzene rings is 3. The third kappa shape index (κ3) is 5.63. The van der Waals surface area contributed by atoms with Gasteiger partial charge in [0.15, 0.2) is 0 Å². The van der Waals surface area contributed by atoms with Crippen molar-refractivity contribution >= 4 is 46.5 Å². The molecule has 4 rings (SSSR count). The lowest BCUT2D eigenvalue weighted by molar-refractivity contribution is -0.117. The number of nitrogens with one attached hydrogen (secondary N) is 2. The Bertz CT molecular complexity index is 1280. The number of nitrogens with zero attached hydrogens (tertiary/aromatic N) is 2. The second-order valence-corrected chi connectivity index (χ2v) is 8.70. The zero-order chi connectivity index (χ0) is 23.9. The van der Waals surface area contributed by atoms with Crippen molar-refractivity contribution in [3.63, 3.8) is 0 Å². The minimum absolute atomic E-state index is 0.0860. The van der Waals surface area contributed by atoms with Gasteiger partial charge < -0.3 is 15.5 Å². The van der Waals surface area contributed by atoms with Crippen LogP contribution in [0.15, 0.2) is 77.7 Å². The maximum absolute atomic E-state index is 13.0.